The molecule has 0 spiro atoms. The second-order valence-corrected chi connectivity index (χ2v) is 3.66. The molecule has 2 N–H and O–H groups in total. The Balaban J connectivity index is 2.35. The number of aromatic nitrogens is 4. The minimum Gasteiger partial charge on any atom is -0.325 e. The van der Waals surface area contributed by atoms with Crippen LogP contribution in [-0.4, -0.2) is 20.0 Å². The van der Waals surface area contributed by atoms with Gasteiger partial charge >= 0.3 is 0 Å². The molecule has 0 amide bonds. The van der Waals surface area contributed by atoms with Crippen molar-refractivity contribution in [2.24, 2.45) is 12.8 Å². The molecule has 0 aliphatic heterocycles. The van der Waals surface area contributed by atoms with E-state index in [1.54, 1.807) is 30.8 Å². The van der Waals surface area contributed by atoms with Crippen LogP contribution in [0.2, 0.25) is 0 Å². The SMILES string of the molecule is Cn1ncc(-c2cnc(CN)s2)n1. The molecule has 0 radical (unpaired) electrons. The molecule has 0 saturated carbocycles. The third-order valence-electron chi connectivity index (χ3n) is 1.58. The van der Waals surface area contributed by atoms with Crippen molar-refractivity contribution in [1.82, 2.24) is 20.0 Å². The zero-order valence-corrected chi connectivity index (χ0v) is 7.95. The molecule has 2 aromatic rings. The standard InChI is InChI=1S/C7H9N5S/c1-12-10-3-5(11-12)6-4-9-7(2-8)13-6/h3-4H,2,8H2,1H3. The van der Waals surface area contributed by atoms with E-state index in [0.29, 0.717) is 6.54 Å². The summed E-state index contributed by atoms with van der Waals surface area (Å²) in [6.07, 6.45) is 3.49. The quantitative estimate of drug-likeness (QED) is 0.753. The lowest BCUT2D eigenvalue weighted by molar-refractivity contribution is 0.655. The van der Waals surface area contributed by atoms with E-state index in [1.807, 2.05) is 0 Å². The molecular weight excluding hydrogens is 186 g/mol. The van der Waals surface area contributed by atoms with Gasteiger partial charge in [0.2, 0.25) is 0 Å². The van der Waals surface area contributed by atoms with Crippen LogP contribution in [-0.2, 0) is 13.6 Å². The molecule has 0 aromatic carbocycles. The van der Waals surface area contributed by atoms with Crippen LogP contribution in [0.15, 0.2) is 12.4 Å². The first-order valence-corrected chi connectivity index (χ1v) is 4.62. The highest BCUT2D eigenvalue weighted by Gasteiger charge is 2.05. The van der Waals surface area contributed by atoms with Gasteiger partial charge in [0.1, 0.15) is 10.7 Å². The number of rotatable bonds is 2. The van der Waals surface area contributed by atoms with Gasteiger partial charge in [0, 0.05) is 19.8 Å². The van der Waals surface area contributed by atoms with E-state index in [4.69, 9.17) is 5.73 Å². The normalized spacial score (nSPS) is 10.6. The molecule has 2 rings (SSSR count). The average Bonchev–Trinajstić information content (AvgIpc) is 2.71. The molecule has 68 valence electrons. The van der Waals surface area contributed by atoms with E-state index >= 15 is 0 Å². The van der Waals surface area contributed by atoms with Crippen LogP contribution in [0.3, 0.4) is 0 Å². The van der Waals surface area contributed by atoms with Crippen molar-refractivity contribution < 1.29 is 0 Å². The molecule has 0 fully saturated rings. The zero-order chi connectivity index (χ0) is 9.26. The molecular formula is C7H9N5S. The Morgan fingerprint density at radius 1 is 1.54 bits per heavy atom. The summed E-state index contributed by atoms with van der Waals surface area (Å²) < 4.78 is 0. The van der Waals surface area contributed by atoms with Crippen LogP contribution < -0.4 is 5.73 Å². The average molecular weight is 195 g/mol. The van der Waals surface area contributed by atoms with Gasteiger partial charge in [-0.2, -0.15) is 15.0 Å². The minimum absolute atomic E-state index is 0.477. The molecule has 13 heavy (non-hydrogen) atoms. The fourth-order valence-corrected chi connectivity index (χ4v) is 1.73. The number of hydrogen-bond donors (Lipinski definition) is 1. The van der Waals surface area contributed by atoms with Crippen molar-refractivity contribution in [2.75, 3.05) is 0 Å². The van der Waals surface area contributed by atoms with Gasteiger partial charge < -0.3 is 5.73 Å². The Hall–Kier alpha value is -1.27. The van der Waals surface area contributed by atoms with Crippen molar-refractivity contribution in [3.05, 3.63) is 17.4 Å². The summed E-state index contributed by atoms with van der Waals surface area (Å²) in [5, 5.41) is 9.06. The molecule has 0 unspecified atom stereocenters. The van der Waals surface area contributed by atoms with Crippen LogP contribution >= 0.6 is 11.3 Å². The van der Waals surface area contributed by atoms with Gasteiger partial charge in [-0.3, -0.25) is 0 Å². The van der Waals surface area contributed by atoms with Crippen molar-refractivity contribution >= 4 is 11.3 Å². The molecule has 0 atom stereocenters. The minimum atomic E-state index is 0.477. The lowest BCUT2D eigenvalue weighted by Gasteiger charge is -1.85. The number of nitrogens with zero attached hydrogens (tertiary/aromatic N) is 4. The van der Waals surface area contributed by atoms with Crippen LogP contribution in [0.5, 0.6) is 0 Å². The van der Waals surface area contributed by atoms with E-state index < -0.39 is 0 Å². The maximum absolute atomic E-state index is 5.45. The van der Waals surface area contributed by atoms with E-state index in [9.17, 15) is 0 Å². The largest absolute Gasteiger partial charge is 0.325 e. The van der Waals surface area contributed by atoms with Crippen LogP contribution in [0, 0.1) is 0 Å². The number of thiazole rings is 1. The Bertz CT molecular complexity index is 404. The third-order valence-corrected chi connectivity index (χ3v) is 2.62. The van der Waals surface area contributed by atoms with Crippen molar-refractivity contribution in [2.45, 2.75) is 6.54 Å². The monoisotopic (exact) mass is 195 g/mol. The summed E-state index contributed by atoms with van der Waals surface area (Å²) in [5.74, 6) is 0. The highest BCUT2D eigenvalue weighted by Crippen LogP contribution is 2.22. The second kappa shape index (κ2) is 3.23. The van der Waals surface area contributed by atoms with Gasteiger partial charge in [-0.05, 0) is 0 Å². The Kier molecular flexibility index (Phi) is 2.07. The van der Waals surface area contributed by atoms with Gasteiger partial charge in [0.15, 0.2) is 0 Å². The van der Waals surface area contributed by atoms with E-state index in [-0.39, 0.29) is 0 Å². The predicted molar refractivity (Wildman–Crippen MR) is 50.0 cm³/mol. The molecule has 2 aromatic heterocycles. The first kappa shape index (κ1) is 8.33. The molecule has 0 aliphatic rings. The van der Waals surface area contributed by atoms with E-state index in [0.717, 1.165) is 15.6 Å². The van der Waals surface area contributed by atoms with E-state index in [2.05, 4.69) is 15.2 Å². The van der Waals surface area contributed by atoms with Crippen LogP contribution in [0.1, 0.15) is 5.01 Å². The van der Waals surface area contributed by atoms with Gasteiger partial charge in [-0.1, -0.05) is 0 Å². The second-order valence-electron chi connectivity index (χ2n) is 2.54. The molecule has 0 bridgehead atoms. The van der Waals surface area contributed by atoms with Gasteiger partial charge in [-0.25, -0.2) is 4.98 Å². The highest BCUT2D eigenvalue weighted by atomic mass is 32.1. The Morgan fingerprint density at radius 2 is 2.38 bits per heavy atom. The zero-order valence-electron chi connectivity index (χ0n) is 7.14. The predicted octanol–water partition coefficient (Wildman–Crippen LogP) is 0.397. The Morgan fingerprint density at radius 3 is 2.92 bits per heavy atom. The van der Waals surface area contributed by atoms with Gasteiger partial charge in [-0.15, -0.1) is 11.3 Å². The Labute approximate surface area is 79.2 Å². The fourth-order valence-electron chi connectivity index (χ4n) is 0.982. The van der Waals surface area contributed by atoms with Crippen molar-refractivity contribution in [1.29, 1.82) is 0 Å². The van der Waals surface area contributed by atoms with Crippen LogP contribution in [0.4, 0.5) is 0 Å². The molecule has 6 heteroatoms. The summed E-state index contributed by atoms with van der Waals surface area (Å²) in [5.41, 5.74) is 6.30. The molecule has 0 aliphatic carbocycles. The maximum Gasteiger partial charge on any atom is 0.124 e. The number of hydrogen-bond acceptors (Lipinski definition) is 5. The van der Waals surface area contributed by atoms with Crippen LogP contribution in [0.25, 0.3) is 10.6 Å². The molecule has 0 saturated heterocycles. The summed E-state index contributed by atoms with van der Waals surface area (Å²) in [6, 6.07) is 0. The fraction of sp³-hybridized carbons (Fsp3) is 0.286. The highest BCUT2D eigenvalue weighted by molar-refractivity contribution is 7.15. The van der Waals surface area contributed by atoms with Gasteiger partial charge in [0.25, 0.3) is 0 Å². The smallest absolute Gasteiger partial charge is 0.124 e. The van der Waals surface area contributed by atoms with Crippen molar-refractivity contribution in [3.63, 3.8) is 0 Å². The summed E-state index contributed by atoms with van der Waals surface area (Å²) >= 11 is 1.55. The van der Waals surface area contributed by atoms with Crippen molar-refractivity contribution in [3.8, 4) is 10.6 Å². The molecule has 2 heterocycles. The summed E-state index contributed by atoms with van der Waals surface area (Å²) in [6.45, 7) is 0.477. The lowest BCUT2D eigenvalue weighted by Crippen LogP contribution is -1.93. The summed E-state index contributed by atoms with van der Waals surface area (Å²) in [4.78, 5) is 6.67. The number of nitrogens with two attached hydrogens (primary N) is 1. The summed E-state index contributed by atoms with van der Waals surface area (Å²) in [7, 11) is 1.79. The van der Waals surface area contributed by atoms with E-state index in [1.165, 1.54) is 4.80 Å². The third kappa shape index (κ3) is 1.58. The topological polar surface area (TPSA) is 69.6 Å². The first-order valence-electron chi connectivity index (χ1n) is 3.81. The first-order chi connectivity index (χ1) is 6.29. The maximum atomic E-state index is 5.45. The van der Waals surface area contributed by atoms with Gasteiger partial charge in [0.05, 0.1) is 11.1 Å². The number of aryl methyl sites for hydroxylation is 1. The molecule has 5 nitrogen and oxygen atoms in total. The lowest BCUT2D eigenvalue weighted by atomic mass is 10.4.